The Morgan fingerprint density at radius 2 is 1.76 bits per heavy atom. The van der Waals surface area contributed by atoms with E-state index in [9.17, 15) is 9.59 Å². The summed E-state index contributed by atoms with van der Waals surface area (Å²) in [6.45, 7) is 0.703. The summed E-state index contributed by atoms with van der Waals surface area (Å²) in [6.07, 6.45) is 3.52. The summed E-state index contributed by atoms with van der Waals surface area (Å²) >= 11 is 0. The number of rotatable bonds is 7. The lowest BCUT2D eigenvalue weighted by Gasteiger charge is -2.05. The number of aromatic nitrogens is 1. The van der Waals surface area contributed by atoms with E-state index >= 15 is 0 Å². The standard InChI is InChI=1S/C15H17N3O3/c19-14(17-10-12-4-1-2-8-16-12)6-7-15(20)18-11-13-5-3-9-21-13/h1-5,8-9H,6-7,10-11H2,(H,17,19)(H,18,20). The molecule has 0 radical (unpaired) electrons. The lowest BCUT2D eigenvalue weighted by Crippen LogP contribution is -2.27. The minimum Gasteiger partial charge on any atom is -0.467 e. The van der Waals surface area contributed by atoms with Gasteiger partial charge in [-0.3, -0.25) is 14.6 Å². The van der Waals surface area contributed by atoms with E-state index in [1.807, 2.05) is 18.2 Å². The highest BCUT2D eigenvalue weighted by atomic mass is 16.3. The summed E-state index contributed by atoms with van der Waals surface area (Å²) in [4.78, 5) is 27.3. The second kappa shape index (κ2) is 7.84. The van der Waals surface area contributed by atoms with Crippen LogP contribution in [0.15, 0.2) is 47.2 Å². The van der Waals surface area contributed by atoms with Crippen molar-refractivity contribution in [3.63, 3.8) is 0 Å². The highest BCUT2D eigenvalue weighted by Gasteiger charge is 2.07. The molecule has 0 spiro atoms. The highest BCUT2D eigenvalue weighted by Crippen LogP contribution is 1.99. The number of nitrogens with zero attached hydrogens (tertiary/aromatic N) is 1. The molecule has 2 N–H and O–H groups in total. The van der Waals surface area contributed by atoms with Crippen LogP contribution in [0.1, 0.15) is 24.3 Å². The first kappa shape index (κ1) is 14.8. The first-order valence-corrected chi connectivity index (χ1v) is 6.70. The molecule has 0 saturated heterocycles. The van der Waals surface area contributed by atoms with Crippen LogP contribution in [0.25, 0.3) is 0 Å². The average molecular weight is 287 g/mol. The monoisotopic (exact) mass is 287 g/mol. The van der Waals surface area contributed by atoms with Gasteiger partial charge in [-0.25, -0.2) is 0 Å². The Kier molecular flexibility index (Phi) is 5.51. The van der Waals surface area contributed by atoms with Crippen LogP contribution < -0.4 is 10.6 Å². The third kappa shape index (κ3) is 5.48. The molecule has 6 nitrogen and oxygen atoms in total. The van der Waals surface area contributed by atoms with E-state index in [-0.39, 0.29) is 24.7 Å². The zero-order valence-corrected chi connectivity index (χ0v) is 11.5. The van der Waals surface area contributed by atoms with Crippen molar-refractivity contribution in [3.8, 4) is 0 Å². The van der Waals surface area contributed by atoms with Crippen molar-refractivity contribution in [2.45, 2.75) is 25.9 Å². The fraction of sp³-hybridized carbons (Fsp3) is 0.267. The molecule has 0 unspecified atom stereocenters. The highest BCUT2D eigenvalue weighted by molar-refractivity contribution is 5.83. The van der Waals surface area contributed by atoms with E-state index in [1.54, 1.807) is 24.6 Å². The molecule has 0 bridgehead atoms. The first-order valence-electron chi connectivity index (χ1n) is 6.70. The molecule has 2 aromatic rings. The minimum atomic E-state index is -0.181. The molecule has 2 rings (SSSR count). The number of hydrogen-bond donors (Lipinski definition) is 2. The molecule has 0 aliphatic carbocycles. The molecule has 0 atom stereocenters. The van der Waals surface area contributed by atoms with Gasteiger partial charge < -0.3 is 15.1 Å². The van der Waals surface area contributed by atoms with Crippen LogP contribution in [-0.2, 0) is 22.7 Å². The van der Waals surface area contributed by atoms with E-state index in [1.165, 1.54) is 0 Å². The number of amides is 2. The zero-order valence-electron chi connectivity index (χ0n) is 11.5. The van der Waals surface area contributed by atoms with Crippen molar-refractivity contribution < 1.29 is 14.0 Å². The predicted octanol–water partition coefficient (Wildman–Crippen LogP) is 1.39. The molecule has 0 saturated carbocycles. The lowest BCUT2D eigenvalue weighted by molar-refractivity contribution is -0.126. The quantitative estimate of drug-likeness (QED) is 0.806. The topological polar surface area (TPSA) is 84.2 Å². The maximum Gasteiger partial charge on any atom is 0.220 e. The number of furan rings is 1. The largest absolute Gasteiger partial charge is 0.467 e. The van der Waals surface area contributed by atoms with Gasteiger partial charge in [-0.2, -0.15) is 0 Å². The fourth-order valence-corrected chi connectivity index (χ4v) is 1.69. The second-order valence-electron chi connectivity index (χ2n) is 4.45. The Morgan fingerprint density at radius 3 is 2.38 bits per heavy atom. The molecule has 2 heterocycles. The molecule has 0 aliphatic rings. The van der Waals surface area contributed by atoms with Crippen molar-refractivity contribution in [2.24, 2.45) is 0 Å². The van der Waals surface area contributed by atoms with E-state index in [0.29, 0.717) is 18.8 Å². The molecule has 2 amide bonds. The zero-order chi connectivity index (χ0) is 14.9. The van der Waals surface area contributed by atoms with Gasteiger partial charge in [0.2, 0.25) is 11.8 Å². The summed E-state index contributed by atoms with van der Waals surface area (Å²) in [5.41, 5.74) is 0.785. The molecule has 0 fully saturated rings. The second-order valence-corrected chi connectivity index (χ2v) is 4.45. The summed E-state index contributed by atoms with van der Waals surface area (Å²) in [5.74, 6) is 0.330. The number of nitrogens with one attached hydrogen (secondary N) is 2. The lowest BCUT2D eigenvalue weighted by atomic mass is 10.2. The van der Waals surface area contributed by atoms with Crippen LogP contribution in [0, 0.1) is 0 Å². The van der Waals surface area contributed by atoms with E-state index < -0.39 is 0 Å². The Labute approximate surface area is 122 Å². The Morgan fingerprint density at radius 1 is 1.00 bits per heavy atom. The third-order valence-electron chi connectivity index (χ3n) is 2.81. The molecular formula is C15H17N3O3. The van der Waals surface area contributed by atoms with E-state index in [2.05, 4.69) is 15.6 Å². The molecule has 0 aromatic carbocycles. The van der Waals surface area contributed by atoms with Crippen molar-refractivity contribution in [2.75, 3.05) is 0 Å². The smallest absolute Gasteiger partial charge is 0.220 e. The third-order valence-corrected chi connectivity index (χ3v) is 2.81. The van der Waals surface area contributed by atoms with Crippen molar-refractivity contribution in [1.82, 2.24) is 15.6 Å². The van der Waals surface area contributed by atoms with Crippen LogP contribution in [0.2, 0.25) is 0 Å². The summed E-state index contributed by atoms with van der Waals surface area (Å²) in [5, 5.41) is 5.41. The van der Waals surface area contributed by atoms with Crippen molar-refractivity contribution in [3.05, 3.63) is 54.2 Å². The van der Waals surface area contributed by atoms with Gasteiger partial charge in [-0.1, -0.05) is 6.07 Å². The Balaban J connectivity index is 1.61. The summed E-state index contributed by atoms with van der Waals surface area (Å²) in [6, 6.07) is 9.04. The first-order chi connectivity index (χ1) is 10.2. The van der Waals surface area contributed by atoms with E-state index in [4.69, 9.17) is 4.42 Å². The number of pyridine rings is 1. The van der Waals surface area contributed by atoms with E-state index in [0.717, 1.165) is 5.69 Å². The van der Waals surface area contributed by atoms with Gasteiger partial charge in [0.15, 0.2) is 0 Å². The Hall–Kier alpha value is -2.63. The van der Waals surface area contributed by atoms with Crippen LogP contribution in [0.3, 0.4) is 0 Å². The van der Waals surface area contributed by atoms with Gasteiger partial charge in [0, 0.05) is 19.0 Å². The maximum atomic E-state index is 11.6. The average Bonchev–Trinajstić information content (AvgIpc) is 3.03. The van der Waals surface area contributed by atoms with Crippen molar-refractivity contribution in [1.29, 1.82) is 0 Å². The van der Waals surface area contributed by atoms with Crippen LogP contribution in [0.4, 0.5) is 0 Å². The molecule has 6 heteroatoms. The van der Waals surface area contributed by atoms with Gasteiger partial charge in [0.05, 0.1) is 25.0 Å². The van der Waals surface area contributed by atoms with Crippen LogP contribution in [0.5, 0.6) is 0 Å². The predicted molar refractivity (Wildman–Crippen MR) is 75.9 cm³/mol. The molecule has 0 aliphatic heterocycles. The number of carbonyl (C=O) groups excluding carboxylic acids is 2. The normalized spacial score (nSPS) is 10.1. The van der Waals surface area contributed by atoms with Gasteiger partial charge in [0.25, 0.3) is 0 Å². The van der Waals surface area contributed by atoms with Crippen LogP contribution in [-0.4, -0.2) is 16.8 Å². The molecule has 2 aromatic heterocycles. The molecule has 110 valence electrons. The summed E-state index contributed by atoms with van der Waals surface area (Å²) in [7, 11) is 0. The molecular weight excluding hydrogens is 270 g/mol. The minimum absolute atomic E-state index is 0.148. The fourth-order valence-electron chi connectivity index (χ4n) is 1.69. The van der Waals surface area contributed by atoms with Gasteiger partial charge in [-0.05, 0) is 24.3 Å². The Bertz CT molecular complexity index is 567. The van der Waals surface area contributed by atoms with Crippen LogP contribution >= 0.6 is 0 Å². The maximum absolute atomic E-state index is 11.6. The van der Waals surface area contributed by atoms with Gasteiger partial charge in [0.1, 0.15) is 5.76 Å². The number of hydrogen-bond acceptors (Lipinski definition) is 4. The van der Waals surface area contributed by atoms with Crippen molar-refractivity contribution >= 4 is 11.8 Å². The molecule has 21 heavy (non-hydrogen) atoms. The van der Waals surface area contributed by atoms with Gasteiger partial charge in [-0.15, -0.1) is 0 Å². The number of carbonyl (C=O) groups is 2. The SMILES string of the molecule is O=C(CCC(=O)NCc1ccco1)NCc1ccccn1. The summed E-state index contributed by atoms with van der Waals surface area (Å²) < 4.78 is 5.10. The van der Waals surface area contributed by atoms with Gasteiger partial charge >= 0.3 is 0 Å².